The van der Waals surface area contributed by atoms with Crippen LogP contribution in [0.2, 0.25) is 5.02 Å². The largest absolute Gasteiger partial charge is 0.476 e. The average molecular weight is 251 g/mol. The Bertz CT molecular complexity index is 575. The Morgan fingerprint density at radius 3 is 2.47 bits per heavy atom. The van der Waals surface area contributed by atoms with Gasteiger partial charge in [0.15, 0.2) is 12.0 Å². The van der Waals surface area contributed by atoms with Crippen molar-refractivity contribution in [2.24, 2.45) is 0 Å². The van der Waals surface area contributed by atoms with Crippen molar-refractivity contribution in [3.8, 4) is 5.69 Å². The van der Waals surface area contributed by atoms with E-state index < -0.39 is 5.97 Å². The third kappa shape index (κ3) is 2.19. The minimum Gasteiger partial charge on any atom is -0.476 e. The van der Waals surface area contributed by atoms with Crippen LogP contribution in [0.3, 0.4) is 0 Å². The number of hydrogen-bond donors (Lipinski definition) is 1. The summed E-state index contributed by atoms with van der Waals surface area (Å²) in [6, 6.07) is 6.66. The topological polar surface area (TPSA) is 72.2 Å². The van der Waals surface area contributed by atoms with E-state index in [2.05, 4.69) is 5.10 Å². The highest BCUT2D eigenvalue weighted by Gasteiger charge is 2.15. The van der Waals surface area contributed by atoms with Crippen LogP contribution >= 0.6 is 11.6 Å². The van der Waals surface area contributed by atoms with Gasteiger partial charge in [-0.3, -0.25) is 4.79 Å². The fraction of sp³-hybridized carbons (Fsp3) is 0. The van der Waals surface area contributed by atoms with Gasteiger partial charge in [0.25, 0.3) is 0 Å². The third-order valence-electron chi connectivity index (χ3n) is 2.16. The summed E-state index contributed by atoms with van der Waals surface area (Å²) in [5.41, 5.74) is 0.396. The van der Waals surface area contributed by atoms with Gasteiger partial charge in [-0.15, -0.1) is 0 Å². The van der Waals surface area contributed by atoms with Crippen molar-refractivity contribution in [3.05, 3.63) is 46.7 Å². The Kier molecular flexibility index (Phi) is 2.93. The third-order valence-corrected chi connectivity index (χ3v) is 2.42. The fourth-order valence-corrected chi connectivity index (χ4v) is 1.49. The number of hydrogen-bond acceptors (Lipinski definition) is 3. The number of benzene rings is 1. The maximum absolute atomic E-state index is 10.8. The molecule has 1 aromatic heterocycles. The predicted molar refractivity (Wildman–Crippen MR) is 60.9 cm³/mol. The molecule has 86 valence electrons. The molecule has 0 fully saturated rings. The van der Waals surface area contributed by atoms with Crippen LogP contribution < -0.4 is 0 Å². The van der Waals surface area contributed by atoms with Crippen LogP contribution in [0.15, 0.2) is 30.5 Å². The minimum absolute atomic E-state index is 0.0347. The number of carboxylic acid groups (broad SMARTS) is 1. The van der Waals surface area contributed by atoms with Crippen LogP contribution in [0.5, 0.6) is 0 Å². The Balaban J connectivity index is 2.50. The molecular weight excluding hydrogens is 244 g/mol. The number of rotatable bonds is 3. The summed E-state index contributed by atoms with van der Waals surface area (Å²) in [7, 11) is 0. The van der Waals surface area contributed by atoms with Crippen molar-refractivity contribution in [2.75, 3.05) is 0 Å². The average Bonchev–Trinajstić information content (AvgIpc) is 2.74. The van der Waals surface area contributed by atoms with Gasteiger partial charge in [0.2, 0.25) is 0 Å². The maximum Gasteiger partial charge on any atom is 0.357 e. The minimum atomic E-state index is -1.24. The quantitative estimate of drug-likeness (QED) is 0.846. The van der Waals surface area contributed by atoms with E-state index in [1.807, 2.05) is 0 Å². The molecule has 0 aliphatic heterocycles. The molecule has 2 rings (SSSR count). The van der Waals surface area contributed by atoms with E-state index in [1.165, 1.54) is 10.9 Å². The first-order valence-corrected chi connectivity index (χ1v) is 5.03. The van der Waals surface area contributed by atoms with Crippen molar-refractivity contribution < 1.29 is 14.7 Å². The van der Waals surface area contributed by atoms with Gasteiger partial charge in [-0.25, -0.2) is 9.48 Å². The molecule has 0 radical (unpaired) electrons. The summed E-state index contributed by atoms with van der Waals surface area (Å²) in [6.07, 6.45) is 1.82. The monoisotopic (exact) mass is 250 g/mol. The molecule has 0 saturated carbocycles. The van der Waals surface area contributed by atoms with Gasteiger partial charge < -0.3 is 5.11 Å². The zero-order chi connectivity index (χ0) is 12.4. The number of aromatic nitrogens is 2. The van der Waals surface area contributed by atoms with Crippen LogP contribution in [-0.4, -0.2) is 27.1 Å². The number of aromatic carboxylic acids is 1. The zero-order valence-corrected chi connectivity index (χ0v) is 9.26. The molecule has 6 heteroatoms. The van der Waals surface area contributed by atoms with Crippen molar-refractivity contribution >= 4 is 23.9 Å². The molecule has 1 aromatic carbocycles. The molecule has 2 aromatic rings. The predicted octanol–water partition coefficient (Wildman–Crippen LogP) is 2.04. The highest BCUT2D eigenvalue weighted by molar-refractivity contribution is 6.30. The van der Waals surface area contributed by atoms with E-state index in [9.17, 15) is 9.59 Å². The van der Waals surface area contributed by atoms with Gasteiger partial charge in [0.1, 0.15) is 0 Å². The molecule has 0 amide bonds. The molecule has 0 saturated heterocycles. The number of carbonyl (C=O) groups is 2. The van der Waals surface area contributed by atoms with Gasteiger partial charge in [0, 0.05) is 11.2 Å². The summed E-state index contributed by atoms with van der Waals surface area (Å²) in [4.78, 5) is 21.5. The number of halogens is 1. The lowest BCUT2D eigenvalue weighted by atomic mass is 10.3. The fourth-order valence-electron chi connectivity index (χ4n) is 1.37. The lowest BCUT2D eigenvalue weighted by Crippen LogP contribution is -2.02. The summed E-state index contributed by atoms with van der Waals surface area (Å²) in [5.74, 6) is -1.24. The second kappa shape index (κ2) is 4.39. The molecule has 0 bridgehead atoms. The van der Waals surface area contributed by atoms with Gasteiger partial charge in [-0.05, 0) is 24.3 Å². The second-order valence-electron chi connectivity index (χ2n) is 3.28. The van der Waals surface area contributed by atoms with Crippen molar-refractivity contribution in [1.29, 1.82) is 0 Å². The van der Waals surface area contributed by atoms with E-state index in [0.717, 1.165) is 0 Å². The molecule has 1 heterocycles. The number of carboxylic acids is 1. The van der Waals surface area contributed by atoms with E-state index >= 15 is 0 Å². The first-order chi connectivity index (χ1) is 8.11. The Morgan fingerprint density at radius 1 is 1.35 bits per heavy atom. The molecular formula is C11H7ClN2O3. The maximum atomic E-state index is 10.8. The lowest BCUT2D eigenvalue weighted by molar-refractivity contribution is 0.0687. The second-order valence-corrected chi connectivity index (χ2v) is 3.71. The van der Waals surface area contributed by atoms with Crippen molar-refractivity contribution in [3.63, 3.8) is 0 Å². The number of carbonyl (C=O) groups excluding carboxylic acids is 1. The normalized spacial score (nSPS) is 10.2. The van der Waals surface area contributed by atoms with Crippen molar-refractivity contribution in [2.45, 2.75) is 0 Å². The first-order valence-electron chi connectivity index (χ1n) is 4.66. The highest BCUT2D eigenvalue weighted by Crippen LogP contribution is 2.14. The summed E-state index contributed by atoms with van der Waals surface area (Å²) in [5, 5.41) is 13.2. The summed E-state index contributed by atoms with van der Waals surface area (Å²) >= 11 is 5.73. The SMILES string of the molecule is O=Cc1cn(-c2ccc(Cl)cc2)nc1C(=O)O. The van der Waals surface area contributed by atoms with Gasteiger partial charge in [-0.2, -0.15) is 5.10 Å². The van der Waals surface area contributed by atoms with Crippen LogP contribution in [0.4, 0.5) is 0 Å². The first kappa shape index (κ1) is 11.3. The summed E-state index contributed by atoms with van der Waals surface area (Å²) < 4.78 is 1.32. The standard InChI is InChI=1S/C11H7ClN2O3/c12-8-1-3-9(4-2-8)14-5-7(6-15)10(13-14)11(16)17/h1-6H,(H,16,17). The number of aldehydes is 1. The molecule has 0 aliphatic carbocycles. The number of nitrogens with zero attached hydrogens (tertiary/aromatic N) is 2. The molecule has 1 N–H and O–H groups in total. The van der Waals surface area contributed by atoms with Crippen LogP contribution in [0.25, 0.3) is 5.69 Å². The summed E-state index contributed by atoms with van der Waals surface area (Å²) in [6.45, 7) is 0. The molecule has 0 unspecified atom stereocenters. The van der Waals surface area contributed by atoms with Crippen molar-refractivity contribution in [1.82, 2.24) is 9.78 Å². The molecule has 0 spiro atoms. The molecule has 5 nitrogen and oxygen atoms in total. The van der Waals surface area contributed by atoms with Gasteiger partial charge in [-0.1, -0.05) is 11.6 Å². The van der Waals surface area contributed by atoms with Crippen LogP contribution in [-0.2, 0) is 0 Å². The van der Waals surface area contributed by atoms with E-state index in [0.29, 0.717) is 17.0 Å². The Hall–Kier alpha value is -2.14. The van der Waals surface area contributed by atoms with Crippen LogP contribution in [0, 0.1) is 0 Å². The Labute approximate surface area is 101 Å². The molecule has 0 aliphatic rings. The highest BCUT2D eigenvalue weighted by atomic mass is 35.5. The van der Waals surface area contributed by atoms with Crippen LogP contribution in [0.1, 0.15) is 20.8 Å². The van der Waals surface area contributed by atoms with Gasteiger partial charge >= 0.3 is 5.97 Å². The molecule has 17 heavy (non-hydrogen) atoms. The van der Waals surface area contributed by atoms with E-state index in [-0.39, 0.29) is 11.3 Å². The van der Waals surface area contributed by atoms with Gasteiger partial charge in [0.05, 0.1) is 11.3 Å². The lowest BCUT2D eigenvalue weighted by Gasteiger charge is -1.99. The molecule has 0 atom stereocenters. The van der Waals surface area contributed by atoms with E-state index in [1.54, 1.807) is 24.3 Å². The smallest absolute Gasteiger partial charge is 0.357 e. The van der Waals surface area contributed by atoms with E-state index in [4.69, 9.17) is 16.7 Å². The zero-order valence-electron chi connectivity index (χ0n) is 8.50. The Morgan fingerprint density at radius 2 is 2.00 bits per heavy atom.